The lowest BCUT2D eigenvalue weighted by molar-refractivity contribution is 0.103. The molecule has 0 aliphatic carbocycles. The maximum atomic E-state index is 12.8. The van der Waals surface area contributed by atoms with Gasteiger partial charge in [-0.3, -0.25) is 4.79 Å². The molecule has 2 heteroatoms. The molecule has 0 spiro atoms. The van der Waals surface area contributed by atoms with Gasteiger partial charge < -0.3 is 5.32 Å². The average Bonchev–Trinajstić information content (AvgIpc) is 3.07. The summed E-state index contributed by atoms with van der Waals surface area (Å²) >= 11 is 0. The molecule has 1 unspecified atom stereocenters. The molecule has 1 N–H and O–H groups in total. The van der Waals surface area contributed by atoms with Crippen LogP contribution in [-0.4, -0.2) is 5.78 Å². The van der Waals surface area contributed by atoms with Crippen LogP contribution in [0.5, 0.6) is 0 Å². The summed E-state index contributed by atoms with van der Waals surface area (Å²) in [6.45, 7) is 0. The number of rotatable bonds is 3. The molecule has 1 aliphatic rings. The van der Waals surface area contributed by atoms with E-state index in [9.17, 15) is 4.79 Å². The Balaban J connectivity index is 1.69. The van der Waals surface area contributed by atoms with Crippen LogP contribution in [0.3, 0.4) is 0 Å². The van der Waals surface area contributed by atoms with Crippen molar-refractivity contribution in [2.75, 3.05) is 5.32 Å². The maximum absolute atomic E-state index is 12.8. The second kappa shape index (κ2) is 5.73. The number of benzene rings is 3. The number of hydrogen-bond donors (Lipinski definition) is 1. The largest absolute Gasteiger partial charge is 0.377 e. The molecule has 1 heterocycles. The number of ketones is 1. The van der Waals surface area contributed by atoms with Crippen molar-refractivity contribution in [2.45, 2.75) is 12.5 Å². The Hall–Kier alpha value is -2.87. The van der Waals surface area contributed by atoms with E-state index in [2.05, 4.69) is 35.6 Å². The average molecular weight is 299 g/mol. The molecular weight excluding hydrogens is 282 g/mol. The Kier molecular flexibility index (Phi) is 3.43. The van der Waals surface area contributed by atoms with Crippen LogP contribution in [0.4, 0.5) is 5.69 Å². The maximum Gasteiger partial charge on any atom is 0.195 e. The second-order valence-electron chi connectivity index (χ2n) is 5.85. The van der Waals surface area contributed by atoms with Crippen LogP contribution in [0.25, 0.3) is 0 Å². The fraction of sp³-hybridized carbons (Fsp3) is 0.0952. The number of carbonyl (C=O) groups excluding carboxylic acids is 1. The van der Waals surface area contributed by atoms with Gasteiger partial charge >= 0.3 is 0 Å². The Morgan fingerprint density at radius 2 is 1.52 bits per heavy atom. The highest BCUT2D eigenvalue weighted by Crippen LogP contribution is 2.37. The lowest BCUT2D eigenvalue weighted by Gasteiger charge is -2.13. The molecule has 0 saturated carbocycles. The van der Waals surface area contributed by atoms with Gasteiger partial charge in [-0.05, 0) is 23.6 Å². The summed E-state index contributed by atoms with van der Waals surface area (Å²) in [7, 11) is 0. The summed E-state index contributed by atoms with van der Waals surface area (Å²) in [5.41, 5.74) is 4.93. The van der Waals surface area contributed by atoms with Crippen LogP contribution < -0.4 is 5.32 Å². The smallest absolute Gasteiger partial charge is 0.195 e. The third-order valence-corrected chi connectivity index (χ3v) is 4.38. The highest BCUT2D eigenvalue weighted by molar-refractivity contribution is 6.12. The monoisotopic (exact) mass is 299 g/mol. The third kappa shape index (κ3) is 2.53. The van der Waals surface area contributed by atoms with E-state index >= 15 is 0 Å². The fourth-order valence-corrected chi connectivity index (χ4v) is 3.21. The molecule has 1 atom stereocenters. The minimum atomic E-state index is 0.0728. The molecular formula is C21H17NO. The molecule has 0 saturated heterocycles. The van der Waals surface area contributed by atoms with Gasteiger partial charge in [-0.25, -0.2) is 0 Å². The van der Waals surface area contributed by atoms with Gasteiger partial charge in [-0.2, -0.15) is 0 Å². The molecule has 112 valence electrons. The lowest BCUT2D eigenvalue weighted by Crippen LogP contribution is -2.08. The van der Waals surface area contributed by atoms with E-state index in [1.54, 1.807) is 0 Å². The van der Waals surface area contributed by atoms with Crippen molar-refractivity contribution in [2.24, 2.45) is 0 Å². The van der Waals surface area contributed by atoms with Crippen LogP contribution in [0.15, 0.2) is 78.9 Å². The Labute approximate surface area is 135 Å². The molecule has 1 aliphatic heterocycles. The summed E-state index contributed by atoms with van der Waals surface area (Å²) in [4.78, 5) is 12.8. The quantitative estimate of drug-likeness (QED) is 0.715. The summed E-state index contributed by atoms with van der Waals surface area (Å²) in [6.07, 6.45) is 0.912. The normalized spacial score (nSPS) is 15.7. The van der Waals surface area contributed by atoms with Crippen LogP contribution in [0.1, 0.15) is 33.1 Å². The molecule has 0 amide bonds. The van der Waals surface area contributed by atoms with Gasteiger partial charge in [0.15, 0.2) is 5.78 Å². The highest BCUT2D eigenvalue weighted by Gasteiger charge is 2.26. The van der Waals surface area contributed by atoms with Gasteiger partial charge in [0.2, 0.25) is 0 Å². The van der Waals surface area contributed by atoms with Gasteiger partial charge in [-0.15, -0.1) is 0 Å². The molecule has 3 aromatic rings. The van der Waals surface area contributed by atoms with Crippen molar-refractivity contribution in [3.05, 3.63) is 101 Å². The first-order chi connectivity index (χ1) is 11.3. The number of carbonyl (C=O) groups is 1. The first kappa shape index (κ1) is 13.8. The summed E-state index contributed by atoms with van der Waals surface area (Å²) < 4.78 is 0. The zero-order chi connectivity index (χ0) is 15.6. The molecule has 3 aromatic carbocycles. The molecule has 4 rings (SSSR count). The van der Waals surface area contributed by atoms with Gasteiger partial charge in [0.25, 0.3) is 0 Å². The minimum Gasteiger partial charge on any atom is -0.377 e. The van der Waals surface area contributed by atoms with Crippen LogP contribution in [0, 0.1) is 0 Å². The SMILES string of the molecule is O=C(c1ccccc1)c1cccc2c1NC(c1ccccc1)C2. The van der Waals surface area contributed by atoms with E-state index in [0.29, 0.717) is 0 Å². The highest BCUT2D eigenvalue weighted by atomic mass is 16.1. The summed E-state index contributed by atoms with van der Waals surface area (Å²) in [6, 6.07) is 26.1. The second-order valence-corrected chi connectivity index (χ2v) is 5.85. The van der Waals surface area contributed by atoms with E-state index in [1.807, 2.05) is 48.5 Å². The number of fused-ring (bicyclic) bond motifs is 1. The summed E-state index contributed by atoms with van der Waals surface area (Å²) in [5.74, 6) is 0.0728. The van der Waals surface area contributed by atoms with Gasteiger partial charge in [-0.1, -0.05) is 72.8 Å². The number of nitrogens with one attached hydrogen (secondary N) is 1. The molecule has 0 radical (unpaired) electrons. The lowest BCUT2D eigenvalue weighted by atomic mass is 9.98. The third-order valence-electron chi connectivity index (χ3n) is 4.38. The van der Waals surface area contributed by atoms with Crippen LogP contribution in [-0.2, 0) is 6.42 Å². The van der Waals surface area contributed by atoms with Crippen LogP contribution in [0.2, 0.25) is 0 Å². The van der Waals surface area contributed by atoms with Crippen molar-refractivity contribution in [1.29, 1.82) is 0 Å². The van der Waals surface area contributed by atoms with Crippen molar-refractivity contribution in [3.63, 3.8) is 0 Å². The fourth-order valence-electron chi connectivity index (χ4n) is 3.21. The van der Waals surface area contributed by atoms with Gasteiger partial charge in [0.05, 0.1) is 6.04 Å². The zero-order valence-corrected chi connectivity index (χ0v) is 12.7. The summed E-state index contributed by atoms with van der Waals surface area (Å²) in [5, 5.41) is 3.55. The van der Waals surface area contributed by atoms with E-state index in [0.717, 1.165) is 23.2 Å². The van der Waals surface area contributed by atoms with Crippen LogP contribution >= 0.6 is 0 Å². The van der Waals surface area contributed by atoms with E-state index < -0.39 is 0 Å². The van der Waals surface area contributed by atoms with E-state index in [-0.39, 0.29) is 11.8 Å². The number of anilines is 1. The number of para-hydroxylation sites is 1. The topological polar surface area (TPSA) is 29.1 Å². The van der Waals surface area contributed by atoms with E-state index in [1.165, 1.54) is 11.1 Å². The Bertz CT molecular complexity index is 840. The predicted octanol–water partition coefficient (Wildman–Crippen LogP) is 4.63. The molecule has 0 aromatic heterocycles. The predicted molar refractivity (Wildman–Crippen MR) is 92.8 cm³/mol. The molecule has 2 nitrogen and oxygen atoms in total. The standard InChI is InChI=1S/C21H17NO/c23-21(16-10-5-2-6-11-16)18-13-7-12-17-14-19(22-20(17)18)15-8-3-1-4-9-15/h1-13,19,22H,14H2. The molecule has 0 bridgehead atoms. The first-order valence-electron chi connectivity index (χ1n) is 7.86. The van der Waals surface area contributed by atoms with Crippen molar-refractivity contribution in [1.82, 2.24) is 0 Å². The van der Waals surface area contributed by atoms with Crippen molar-refractivity contribution < 1.29 is 4.79 Å². The number of hydrogen-bond acceptors (Lipinski definition) is 2. The minimum absolute atomic E-state index is 0.0728. The zero-order valence-electron chi connectivity index (χ0n) is 12.7. The Morgan fingerprint density at radius 3 is 2.26 bits per heavy atom. The molecule has 23 heavy (non-hydrogen) atoms. The molecule has 0 fully saturated rings. The Morgan fingerprint density at radius 1 is 0.826 bits per heavy atom. The first-order valence-corrected chi connectivity index (χ1v) is 7.86. The van der Waals surface area contributed by atoms with Crippen molar-refractivity contribution >= 4 is 11.5 Å². The van der Waals surface area contributed by atoms with Gasteiger partial charge in [0, 0.05) is 16.8 Å². The van der Waals surface area contributed by atoms with E-state index in [4.69, 9.17) is 0 Å². The van der Waals surface area contributed by atoms with Gasteiger partial charge in [0.1, 0.15) is 0 Å². The van der Waals surface area contributed by atoms with Crippen molar-refractivity contribution in [3.8, 4) is 0 Å².